The Balaban J connectivity index is 0.000000201. The molecule has 1 aliphatic rings. The molecule has 0 atom stereocenters. The molecule has 9 aromatic rings. The van der Waals surface area contributed by atoms with Crippen molar-refractivity contribution in [3.63, 3.8) is 0 Å². The summed E-state index contributed by atoms with van der Waals surface area (Å²) in [6, 6.07) is 54.5. The van der Waals surface area contributed by atoms with E-state index in [-0.39, 0.29) is 20.1 Å². The number of nitrogens with zero attached hydrogens (tertiary/aromatic N) is 3. The van der Waals surface area contributed by atoms with Gasteiger partial charge in [-0.25, -0.2) is 0 Å². The molecular formula is C57H57IrN3SSi-2. The quantitative estimate of drug-likeness (QED) is 0.112. The van der Waals surface area contributed by atoms with Crippen LogP contribution in [0.25, 0.3) is 70.7 Å². The van der Waals surface area contributed by atoms with Crippen molar-refractivity contribution in [3.05, 3.63) is 168 Å². The van der Waals surface area contributed by atoms with E-state index in [1.54, 1.807) is 10.8 Å². The summed E-state index contributed by atoms with van der Waals surface area (Å²) in [7, 11) is -1.36. The number of aromatic nitrogens is 3. The van der Waals surface area contributed by atoms with Crippen molar-refractivity contribution in [1.82, 2.24) is 14.5 Å². The first-order valence-corrected chi connectivity index (χ1v) is 26.9. The molecule has 6 heteroatoms. The summed E-state index contributed by atoms with van der Waals surface area (Å²) < 4.78 is 4.95. The number of hydrogen-bond donors (Lipinski definition) is 0. The van der Waals surface area contributed by atoms with Gasteiger partial charge in [0.1, 0.15) is 0 Å². The third kappa shape index (κ3) is 9.06. The van der Waals surface area contributed by atoms with E-state index in [1.165, 1.54) is 80.2 Å². The van der Waals surface area contributed by atoms with Crippen molar-refractivity contribution in [2.24, 2.45) is 0 Å². The van der Waals surface area contributed by atoms with E-state index >= 15 is 0 Å². The fourth-order valence-corrected chi connectivity index (χ4v) is 12.2. The minimum absolute atomic E-state index is 0. The summed E-state index contributed by atoms with van der Waals surface area (Å²) in [6.45, 7) is 16.5. The Kier molecular flexibility index (Phi) is 13.5. The summed E-state index contributed by atoms with van der Waals surface area (Å²) in [5.74, 6) is 2.35. The zero-order chi connectivity index (χ0) is 43.0. The van der Waals surface area contributed by atoms with E-state index in [1.807, 2.05) is 23.5 Å². The number of hydrogen-bond acceptors (Lipinski definition) is 3. The molecule has 0 aliphatic heterocycles. The first kappa shape index (κ1) is 44.6. The van der Waals surface area contributed by atoms with Crippen molar-refractivity contribution in [3.8, 4) is 39.5 Å². The summed E-state index contributed by atoms with van der Waals surface area (Å²) in [6.07, 6.45) is 9.03. The van der Waals surface area contributed by atoms with Crippen LogP contribution in [-0.4, -0.2) is 22.6 Å². The van der Waals surface area contributed by atoms with Crippen LogP contribution in [0, 0.1) is 12.1 Å². The van der Waals surface area contributed by atoms with Crippen molar-refractivity contribution in [2.75, 3.05) is 0 Å². The van der Waals surface area contributed by atoms with E-state index < -0.39 is 8.07 Å². The van der Waals surface area contributed by atoms with E-state index in [0.29, 0.717) is 11.8 Å². The minimum Gasteiger partial charge on any atom is -0.333 e. The summed E-state index contributed by atoms with van der Waals surface area (Å²) in [5, 5.41) is 4.11. The molecule has 1 radical (unpaired) electrons. The van der Waals surface area contributed by atoms with Crippen molar-refractivity contribution >= 4 is 55.8 Å². The van der Waals surface area contributed by atoms with E-state index in [9.17, 15) is 0 Å². The molecule has 321 valence electrons. The van der Waals surface area contributed by atoms with Crippen LogP contribution >= 0.6 is 11.3 Å². The Morgan fingerprint density at radius 3 is 2.06 bits per heavy atom. The number of imidazole rings is 1. The number of fused-ring (bicyclic) bond motifs is 4. The standard InChI is InChI=1S/C37H31N2S.C20H26NSi.Ir/c1-23(2)30-21-26(25-13-6-5-7-14-25)22-31(24(3)4)35(30)39-33-19-10-9-18-32(33)38-37(39)29-17-12-16-28-27-15-8-11-20-34(27)40-36(28)29;1-22(2,3)20-15-21-19(17-12-8-5-9-13-17)14-18(20)16-10-6-4-7-11-16;/h5-16,18-24H,1-4H3;5,8-9,12,14-16H,4,6-7,10-11H2,1-3H3;/q2*-1;. The number of rotatable bonds is 8. The molecule has 1 saturated carbocycles. The smallest absolute Gasteiger partial charge is 0.0799 e. The maximum atomic E-state index is 5.30. The van der Waals surface area contributed by atoms with Gasteiger partial charge in [0.2, 0.25) is 0 Å². The van der Waals surface area contributed by atoms with Gasteiger partial charge in [0.25, 0.3) is 0 Å². The van der Waals surface area contributed by atoms with Gasteiger partial charge < -0.3 is 9.55 Å². The van der Waals surface area contributed by atoms with Gasteiger partial charge in [-0.2, -0.15) is 11.3 Å². The predicted molar refractivity (Wildman–Crippen MR) is 269 cm³/mol. The molecule has 3 heterocycles. The molecule has 63 heavy (non-hydrogen) atoms. The number of thiophene rings is 1. The average Bonchev–Trinajstić information content (AvgIpc) is 3.88. The Morgan fingerprint density at radius 2 is 1.37 bits per heavy atom. The largest absolute Gasteiger partial charge is 0.333 e. The molecule has 3 aromatic heterocycles. The maximum Gasteiger partial charge on any atom is 0.0799 e. The fourth-order valence-electron chi connectivity index (χ4n) is 9.44. The number of para-hydroxylation sites is 2. The Bertz CT molecular complexity index is 2960. The van der Waals surface area contributed by atoms with Crippen molar-refractivity contribution < 1.29 is 20.1 Å². The Hall–Kier alpha value is -4.97. The number of pyridine rings is 1. The second-order valence-corrected chi connectivity index (χ2v) is 24.7. The Labute approximate surface area is 393 Å². The molecule has 0 amide bonds. The molecule has 3 nitrogen and oxygen atoms in total. The molecule has 0 bridgehead atoms. The molecular weight excluding hydrogens is 979 g/mol. The van der Waals surface area contributed by atoms with E-state index in [2.05, 4.69) is 192 Å². The third-order valence-electron chi connectivity index (χ3n) is 12.6. The SMILES string of the molecule is CC(C)c1cc(-c2ccccc2)cc(C(C)C)c1-n1c(-c2[c-]ccc3c2sc2ccccc23)nc2ccccc21.C[Si](C)(C)c1cnc(-c2[c-]cccc2)cc1C1CCCCC1.[Ir]. The normalized spacial score (nSPS) is 13.4. The van der Waals surface area contributed by atoms with Gasteiger partial charge in [0.15, 0.2) is 0 Å². The molecule has 1 fully saturated rings. The minimum atomic E-state index is -1.36. The summed E-state index contributed by atoms with van der Waals surface area (Å²) >= 11 is 1.83. The van der Waals surface area contributed by atoms with Crippen LogP contribution in [0.4, 0.5) is 0 Å². The Morgan fingerprint density at radius 1 is 0.683 bits per heavy atom. The second kappa shape index (κ2) is 19.0. The monoisotopic (exact) mass is 1040 g/mol. The van der Waals surface area contributed by atoms with Gasteiger partial charge in [0.05, 0.1) is 24.9 Å². The summed E-state index contributed by atoms with van der Waals surface area (Å²) in [4.78, 5) is 10.1. The van der Waals surface area contributed by atoms with Crippen LogP contribution in [0.2, 0.25) is 19.6 Å². The number of benzene rings is 6. The molecule has 1 aliphatic carbocycles. The topological polar surface area (TPSA) is 30.7 Å². The first-order valence-electron chi connectivity index (χ1n) is 22.6. The fraction of sp³-hybridized carbons (Fsp3) is 0.263. The van der Waals surface area contributed by atoms with Crippen LogP contribution in [-0.2, 0) is 20.1 Å². The second-order valence-electron chi connectivity index (χ2n) is 18.6. The third-order valence-corrected chi connectivity index (χ3v) is 15.9. The first-order chi connectivity index (χ1) is 30.1. The van der Waals surface area contributed by atoms with Crippen LogP contribution in [0.3, 0.4) is 0 Å². The van der Waals surface area contributed by atoms with Gasteiger partial charge in [-0.05, 0) is 104 Å². The van der Waals surface area contributed by atoms with Crippen molar-refractivity contribution in [1.29, 1.82) is 0 Å². The molecule has 10 rings (SSSR count). The van der Waals surface area contributed by atoms with Crippen LogP contribution in [0.15, 0.2) is 140 Å². The van der Waals surface area contributed by atoms with Crippen LogP contribution in [0.5, 0.6) is 0 Å². The average molecular weight is 1040 g/mol. The van der Waals surface area contributed by atoms with E-state index in [4.69, 9.17) is 9.97 Å². The molecule has 6 aromatic carbocycles. The summed E-state index contributed by atoms with van der Waals surface area (Å²) in [5.41, 5.74) is 13.4. The molecule has 0 saturated heterocycles. The van der Waals surface area contributed by atoms with Crippen LogP contribution in [0.1, 0.15) is 94.2 Å². The van der Waals surface area contributed by atoms with Gasteiger partial charge >= 0.3 is 0 Å². The predicted octanol–water partition coefficient (Wildman–Crippen LogP) is 15.9. The van der Waals surface area contributed by atoms with Gasteiger partial charge in [-0.15, -0.1) is 54.1 Å². The van der Waals surface area contributed by atoms with Crippen LogP contribution < -0.4 is 5.19 Å². The molecule has 0 spiro atoms. The van der Waals surface area contributed by atoms with E-state index in [0.717, 1.165) is 39.6 Å². The molecule has 0 unspecified atom stereocenters. The van der Waals surface area contributed by atoms with Gasteiger partial charge in [-0.1, -0.05) is 150 Å². The molecule has 0 N–H and O–H groups in total. The zero-order valence-electron chi connectivity index (χ0n) is 37.6. The van der Waals surface area contributed by atoms with Crippen molar-refractivity contribution in [2.45, 2.75) is 97.2 Å². The van der Waals surface area contributed by atoms with Gasteiger partial charge in [-0.3, -0.25) is 4.98 Å². The van der Waals surface area contributed by atoms with Gasteiger partial charge in [0, 0.05) is 36.7 Å². The zero-order valence-corrected chi connectivity index (χ0v) is 41.8. The maximum absolute atomic E-state index is 5.30.